The zero-order valence-electron chi connectivity index (χ0n) is 13.5. The fraction of sp³-hybridized carbons (Fsp3) is 0.111. The fourth-order valence-corrected chi connectivity index (χ4v) is 2.99. The van der Waals surface area contributed by atoms with Crippen LogP contribution in [0.3, 0.4) is 0 Å². The molecule has 26 heavy (non-hydrogen) atoms. The van der Waals surface area contributed by atoms with E-state index in [1.165, 1.54) is 0 Å². The van der Waals surface area contributed by atoms with Crippen LogP contribution in [0.5, 0.6) is 0 Å². The zero-order chi connectivity index (χ0) is 18.5. The first-order chi connectivity index (χ1) is 12.5. The predicted octanol–water partition coefficient (Wildman–Crippen LogP) is 5.38. The largest absolute Gasteiger partial charge is 0.358 e. The second kappa shape index (κ2) is 8.73. The Morgan fingerprint density at radius 1 is 1.00 bits per heavy atom. The second-order valence-corrected chi connectivity index (χ2v) is 7.21. The van der Waals surface area contributed by atoms with E-state index < -0.39 is 0 Å². The normalized spacial score (nSPS) is 10.6. The molecule has 3 aromatic rings. The van der Waals surface area contributed by atoms with Crippen molar-refractivity contribution in [3.63, 3.8) is 0 Å². The topological polar surface area (TPSA) is 41.9 Å². The van der Waals surface area contributed by atoms with Crippen molar-refractivity contribution in [3.8, 4) is 0 Å². The molecule has 0 aliphatic carbocycles. The first-order valence-electron chi connectivity index (χ1n) is 7.77. The lowest BCUT2D eigenvalue weighted by atomic mass is 10.2. The number of nitrogens with zero attached hydrogens (tertiary/aromatic N) is 2. The molecule has 0 radical (unpaired) electrons. The summed E-state index contributed by atoms with van der Waals surface area (Å²) in [4.78, 5) is 0. The molecule has 2 N–H and O–H groups in total. The van der Waals surface area contributed by atoms with E-state index in [4.69, 9.17) is 47.0 Å². The molecule has 0 amide bonds. The highest BCUT2D eigenvalue weighted by atomic mass is 35.5. The van der Waals surface area contributed by atoms with Crippen molar-refractivity contribution in [1.82, 2.24) is 15.1 Å². The molecular weight excluding hydrogens is 411 g/mol. The molecule has 0 unspecified atom stereocenters. The summed E-state index contributed by atoms with van der Waals surface area (Å²) in [5.41, 5.74) is 2.03. The summed E-state index contributed by atoms with van der Waals surface area (Å²) >= 11 is 23.6. The smallest absolute Gasteiger partial charge is 0.173 e. The Kier molecular flexibility index (Phi) is 6.38. The number of nitrogens with one attached hydrogen (secondary N) is 2. The van der Waals surface area contributed by atoms with E-state index >= 15 is 0 Å². The average molecular weight is 426 g/mol. The predicted molar refractivity (Wildman–Crippen MR) is 112 cm³/mol. The quantitative estimate of drug-likeness (QED) is 0.539. The third-order valence-electron chi connectivity index (χ3n) is 3.61. The van der Waals surface area contributed by atoms with Crippen molar-refractivity contribution < 1.29 is 0 Å². The van der Waals surface area contributed by atoms with E-state index in [1.807, 2.05) is 48.5 Å². The molecule has 0 saturated heterocycles. The van der Waals surface area contributed by atoms with Crippen molar-refractivity contribution in [3.05, 3.63) is 80.9 Å². The van der Waals surface area contributed by atoms with E-state index in [0.29, 0.717) is 39.1 Å². The van der Waals surface area contributed by atoms with E-state index in [9.17, 15) is 0 Å². The van der Waals surface area contributed by atoms with Crippen LogP contribution in [0.4, 0.5) is 5.82 Å². The highest BCUT2D eigenvalue weighted by Gasteiger charge is 2.10. The van der Waals surface area contributed by atoms with Crippen LogP contribution in [0.1, 0.15) is 11.1 Å². The van der Waals surface area contributed by atoms with Gasteiger partial charge in [-0.15, -0.1) is 0 Å². The third-order valence-corrected chi connectivity index (χ3v) is 4.75. The molecule has 0 saturated carbocycles. The van der Waals surface area contributed by atoms with Crippen LogP contribution in [0.15, 0.2) is 54.7 Å². The molecule has 0 atom stereocenters. The van der Waals surface area contributed by atoms with Gasteiger partial charge in [-0.1, -0.05) is 65.1 Å². The van der Waals surface area contributed by atoms with Gasteiger partial charge in [-0.2, -0.15) is 5.10 Å². The number of aromatic nitrogens is 2. The van der Waals surface area contributed by atoms with E-state index in [1.54, 1.807) is 10.9 Å². The molecule has 0 spiro atoms. The molecule has 8 heteroatoms. The van der Waals surface area contributed by atoms with Crippen molar-refractivity contribution in [2.45, 2.75) is 13.1 Å². The lowest BCUT2D eigenvalue weighted by molar-refractivity contribution is 0.690. The molecule has 0 bridgehead atoms. The van der Waals surface area contributed by atoms with Gasteiger partial charge in [0.2, 0.25) is 0 Å². The van der Waals surface area contributed by atoms with Crippen molar-refractivity contribution in [1.29, 1.82) is 0 Å². The number of hydrogen-bond acceptors (Lipinski definition) is 2. The maximum atomic E-state index is 6.25. The Labute approximate surface area is 172 Å². The number of benzene rings is 2. The Morgan fingerprint density at radius 3 is 2.46 bits per heavy atom. The SMILES string of the molecule is S=C(NCc1ccc(Cl)cc1)Nc1nn(Cc2ccccc2Cl)cc1Cl. The van der Waals surface area contributed by atoms with Gasteiger partial charge in [0.1, 0.15) is 5.02 Å². The van der Waals surface area contributed by atoms with Crippen molar-refractivity contribution in [2.24, 2.45) is 0 Å². The summed E-state index contributed by atoms with van der Waals surface area (Å²) in [6.07, 6.45) is 1.73. The molecule has 134 valence electrons. The number of rotatable bonds is 5. The van der Waals surface area contributed by atoms with Gasteiger partial charge >= 0.3 is 0 Å². The zero-order valence-corrected chi connectivity index (χ0v) is 16.6. The maximum absolute atomic E-state index is 6.25. The Hall–Kier alpha value is -1.79. The van der Waals surface area contributed by atoms with Crippen LogP contribution < -0.4 is 10.6 Å². The van der Waals surface area contributed by atoms with Crippen LogP contribution in [0.2, 0.25) is 15.1 Å². The molecule has 0 aliphatic heterocycles. The van der Waals surface area contributed by atoms with E-state index in [0.717, 1.165) is 11.1 Å². The molecule has 2 aromatic carbocycles. The number of anilines is 1. The van der Waals surface area contributed by atoms with Gasteiger partial charge in [-0.25, -0.2) is 0 Å². The van der Waals surface area contributed by atoms with Crippen molar-refractivity contribution >= 4 is 58.0 Å². The molecule has 0 aliphatic rings. The lowest BCUT2D eigenvalue weighted by Gasteiger charge is -2.09. The van der Waals surface area contributed by atoms with E-state index in [-0.39, 0.29) is 0 Å². The Morgan fingerprint density at radius 2 is 1.73 bits per heavy atom. The number of hydrogen-bond donors (Lipinski definition) is 2. The number of halogens is 3. The average Bonchev–Trinajstić information content (AvgIpc) is 2.95. The Bertz CT molecular complexity index is 909. The van der Waals surface area contributed by atoms with Gasteiger partial charge in [-0.3, -0.25) is 4.68 Å². The van der Waals surface area contributed by atoms with Crippen molar-refractivity contribution in [2.75, 3.05) is 5.32 Å². The summed E-state index contributed by atoms with van der Waals surface area (Å²) in [5, 5.41) is 12.8. The van der Waals surface area contributed by atoms with Gasteiger partial charge in [0.25, 0.3) is 0 Å². The van der Waals surface area contributed by atoms with Crippen LogP contribution >= 0.6 is 47.0 Å². The monoisotopic (exact) mass is 424 g/mol. The van der Waals surface area contributed by atoms with Crippen LogP contribution in [-0.4, -0.2) is 14.9 Å². The first-order valence-corrected chi connectivity index (χ1v) is 9.31. The fourth-order valence-electron chi connectivity index (χ4n) is 2.30. The van der Waals surface area contributed by atoms with Gasteiger partial charge in [0.05, 0.1) is 6.54 Å². The second-order valence-electron chi connectivity index (χ2n) is 5.55. The molecule has 1 heterocycles. The minimum absolute atomic E-state index is 0.435. The standard InChI is InChI=1S/C18H15Cl3N4S/c19-14-7-5-12(6-8-14)9-22-18(26)23-17-16(21)11-25(24-17)10-13-3-1-2-4-15(13)20/h1-8,11H,9-10H2,(H2,22,23,24,26). The minimum atomic E-state index is 0.435. The molecular formula is C18H15Cl3N4S. The van der Waals surface area contributed by atoms with Gasteiger partial charge in [-0.05, 0) is 41.5 Å². The highest BCUT2D eigenvalue weighted by molar-refractivity contribution is 7.80. The van der Waals surface area contributed by atoms with Crippen LogP contribution in [-0.2, 0) is 13.1 Å². The van der Waals surface area contributed by atoms with Crippen LogP contribution in [0, 0.1) is 0 Å². The maximum Gasteiger partial charge on any atom is 0.173 e. The molecule has 3 rings (SSSR count). The molecule has 0 fully saturated rings. The molecule has 4 nitrogen and oxygen atoms in total. The molecule has 1 aromatic heterocycles. The number of thiocarbonyl (C=S) groups is 1. The van der Waals surface area contributed by atoms with Gasteiger partial charge in [0, 0.05) is 22.8 Å². The first kappa shape index (κ1) is 19.0. The lowest BCUT2D eigenvalue weighted by Crippen LogP contribution is -2.28. The van der Waals surface area contributed by atoms with Gasteiger partial charge in [0.15, 0.2) is 10.9 Å². The summed E-state index contributed by atoms with van der Waals surface area (Å²) in [7, 11) is 0. The van der Waals surface area contributed by atoms with Crippen LogP contribution in [0.25, 0.3) is 0 Å². The minimum Gasteiger partial charge on any atom is -0.358 e. The van der Waals surface area contributed by atoms with Gasteiger partial charge < -0.3 is 10.6 Å². The summed E-state index contributed by atoms with van der Waals surface area (Å²) < 4.78 is 1.72. The highest BCUT2D eigenvalue weighted by Crippen LogP contribution is 2.22. The third kappa shape index (κ3) is 5.11. The summed E-state index contributed by atoms with van der Waals surface area (Å²) in [5.74, 6) is 0.493. The summed E-state index contributed by atoms with van der Waals surface area (Å²) in [6, 6.07) is 15.2. The summed E-state index contributed by atoms with van der Waals surface area (Å²) in [6.45, 7) is 1.09. The van der Waals surface area contributed by atoms with E-state index in [2.05, 4.69) is 15.7 Å². The Balaban J connectivity index is 1.59.